The topological polar surface area (TPSA) is 24.9 Å². The van der Waals surface area contributed by atoms with E-state index in [1.165, 1.54) is 6.07 Å². The molecule has 0 amide bonds. The van der Waals surface area contributed by atoms with E-state index in [1.54, 1.807) is 30.5 Å². The van der Waals surface area contributed by atoms with Crippen molar-refractivity contribution in [2.45, 2.75) is 6.54 Å². The molecule has 17 heavy (non-hydrogen) atoms. The first-order chi connectivity index (χ1) is 8.16. The van der Waals surface area contributed by atoms with Crippen LogP contribution >= 0.6 is 23.2 Å². The second kappa shape index (κ2) is 5.34. The lowest BCUT2D eigenvalue weighted by Gasteiger charge is -2.08. The molecule has 0 atom stereocenters. The van der Waals surface area contributed by atoms with Gasteiger partial charge in [0.15, 0.2) is 5.15 Å². The summed E-state index contributed by atoms with van der Waals surface area (Å²) in [6.45, 7) is 0.328. The van der Waals surface area contributed by atoms with Crippen LogP contribution in [0.4, 0.5) is 10.1 Å². The molecule has 88 valence electrons. The highest BCUT2D eigenvalue weighted by Gasteiger charge is 2.04. The standard InChI is InChI=1S/C12H9Cl2FN2/c13-9-4-3-8(10(15)6-9)7-17-11-2-1-5-16-12(11)14/h1-6,17H,7H2. The van der Waals surface area contributed by atoms with Crippen molar-refractivity contribution in [3.63, 3.8) is 0 Å². The zero-order valence-corrected chi connectivity index (χ0v) is 10.3. The van der Waals surface area contributed by atoms with Crippen LogP contribution < -0.4 is 5.32 Å². The summed E-state index contributed by atoms with van der Waals surface area (Å²) in [6, 6.07) is 8.10. The second-order valence-electron chi connectivity index (χ2n) is 3.43. The summed E-state index contributed by atoms with van der Waals surface area (Å²) in [5, 5.41) is 3.76. The van der Waals surface area contributed by atoms with Crippen LogP contribution in [0.5, 0.6) is 0 Å². The Balaban J connectivity index is 2.10. The fourth-order valence-electron chi connectivity index (χ4n) is 1.37. The maximum Gasteiger partial charge on any atom is 0.152 e. The third kappa shape index (κ3) is 3.08. The molecule has 0 unspecified atom stereocenters. The number of pyridine rings is 1. The van der Waals surface area contributed by atoms with Crippen LogP contribution in [0.25, 0.3) is 0 Å². The molecule has 0 bridgehead atoms. The Kier molecular flexibility index (Phi) is 3.82. The fraction of sp³-hybridized carbons (Fsp3) is 0.0833. The summed E-state index contributed by atoms with van der Waals surface area (Å²) in [5.74, 6) is -0.343. The van der Waals surface area contributed by atoms with Gasteiger partial charge in [0.1, 0.15) is 5.82 Å². The number of nitrogens with one attached hydrogen (secondary N) is 1. The number of hydrogen-bond donors (Lipinski definition) is 1. The molecule has 1 N–H and O–H groups in total. The Morgan fingerprint density at radius 3 is 2.76 bits per heavy atom. The molecule has 0 saturated carbocycles. The number of nitrogens with zero attached hydrogens (tertiary/aromatic N) is 1. The first-order valence-corrected chi connectivity index (χ1v) is 5.71. The molecule has 1 heterocycles. The third-order valence-corrected chi connectivity index (χ3v) is 2.78. The number of rotatable bonds is 3. The van der Waals surface area contributed by atoms with Crippen molar-refractivity contribution < 1.29 is 4.39 Å². The summed E-state index contributed by atoms with van der Waals surface area (Å²) < 4.78 is 13.5. The van der Waals surface area contributed by atoms with Gasteiger partial charge in [-0.2, -0.15) is 0 Å². The smallest absolute Gasteiger partial charge is 0.152 e. The summed E-state index contributed by atoms with van der Waals surface area (Å²) in [4.78, 5) is 3.92. The Hall–Kier alpha value is -1.32. The summed E-state index contributed by atoms with van der Waals surface area (Å²) in [7, 11) is 0. The lowest BCUT2D eigenvalue weighted by molar-refractivity contribution is 0.613. The van der Waals surface area contributed by atoms with Crippen molar-refractivity contribution in [3.05, 3.63) is 58.1 Å². The molecule has 1 aromatic heterocycles. The molecule has 1 aromatic carbocycles. The first kappa shape index (κ1) is 12.1. The van der Waals surface area contributed by atoms with Gasteiger partial charge in [-0.1, -0.05) is 29.3 Å². The molecule has 0 aliphatic rings. The molecule has 2 nitrogen and oxygen atoms in total. The van der Waals surface area contributed by atoms with E-state index in [4.69, 9.17) is 23.2 Å². The molecule has 2 rings (SSSR count). The van der Waals surface area contributed by atoms with Crippen molar-refractivity contribution in [2.24, 2.45) is 0 Å². The molecule has 0 aliphatic heterocycles. The van der Waals surface area contributed by atoms with E-state index < -0.39 is 0 Å². The Bertz CT molecular complexity index is 532. The van der Waals surface area contributed by atoms with E-state index in [0.29, 0.717) is 28.0 Å². The second-order valence-corrected chi connectivity index (χ2v) is 4.23. The first-order valence-electron chi connectivity index (χ1n) is 4.95. The van der Waals surface area contributed by atoms with Gasteiger partial charge in [0, 0.05) is 23.3 Å². The minimum Gasteiger partial charge on any atom is -0.378 e. The van der Waals surface area contributed by atoms with Gasteiger partial charge in [0.25, 0.3) is 0 Å². The van der Waals surface area contributed by atoms with Gasteiger partial charge < -0.3 is 5.32 Å². The summed E-state index contributed by atoms with van der Waals surface area (Å²) >= 11 is 11.5. The average molecular weight is 271 g/mol. The Morgan fingerprint density at radius 1 is 1.24 bits per heavy atom. The number of halogens is 3. The van der Waals surface area contributed by atoms with Gasteiger partial charge in [0.05, 0.1) is 5.69 Å². The highest BCUT2D eigenvalue weighted by Crippen LogP contribution is 2.20. The lowest BCUT2D eigenvalue weighted by atomic mass is 10.2. The van der Waals surface area contributed by atoms with E-state index in [2.05, 4.69) is 10.3 Å². The molecule has 0 fully saturated rings. The van der Waals surface area contributed by atoms with Gasteiger partial charge >= 0.3 is 0 Å². The predicted molar refractivity (Wildman–Crippen MR) is 68.0 cm³/mol. The largest absolute Gasteiger partial charge is 0.378 e. The van der Waals surface area contributed by atoms with Crippen molar-refractivity contribution in [1.82, 2.24) is 4.98 Å². The van der Waals surface area contributed by atoms with Gasteiger partial charge in [0.2, 0.25) is 0 Å². The van der Waals surface area contributed by atoms with Crippen molar-refractivity contribution in [1.29, 1.82) is 0 Å². The van der Waals surface area contributed by atoms with Gasteiger partial charge in [-0.25, -0.2) is 9.37 Å². The average Bonchev–Trinajstić information content (AvgIpc) is 2.30. The zero-order valence-electron chi connectivity index (χ0n) is 8.75. The minimum atomic E-state index is -0.343. The van der Waals surface area contributed by atoms with Gasteiger partial charge in [-0.15, -0.1) is 0 Å². The van der Waals surface area contributed by atoms with Crippen LogP contribution in [0.15, 0.2) is 36.5 Å². The Labute approximate surface area is 108 Å². The molecule has 0 spiro atoms. The van der Waals surface area contributed by atoms with E-state index in [1.807, 2.05) is 0 Å². The van der Waals surface area contributed by atoms with Crippen molar-refractivity contribution in [2.75, 3.05) is 5.32 Å². The molecule has 0 saturated heterocycles. The van der Waals surface area contributed by atoms with E-state index >= 15 is 0 Å². The van der Waals surface area contributed by atoms with E-state index in [-0.39, 0.29) is 5.82 Å². The zero-order chi connectivity index (χ0) is 12.3. The molecule has 0 radical (unpaired) electrons. The molecular formula is C12H9Cl2FN2. The number of aromatic nitrogens is 1. The van der Waals surface area contributed by atoms with Crippen LogP contribution in [-0.4, -0.2) is 4.98 Å². The van der Waals surface area contributed by atoms with Crippen LogP contribution in [-0.2, 0) is 6.54 Å². The predicted octanol–water partition coefficient (Wildman–Crippen LogP) is 4.14. The van der Waals surface area contributed by atoms with Crippen LogP contribution in [0.3, 0.4) is 0 Å². The molecule has 2 aromatic rings. The van der Waals surface area contributed by atoms with Crippen LogP contribution in [0.1, 0.15) is 5.56 Å². The Morgan fingerprint density at radius 2 is 2.06 bits per heavy atom. The fourth-order valence-corrected chi connectivity index (χ4v) is 1.72. The lowest BCUT2D eigenvalue weighted by Crippen LogP contribution is -2.02. The summed E-state index contributed by atoms with van der Waals surface area (Å²) in [5.41, 5.74) is 1.19. The van der Waals surface area contributed by atoms with Gasteiger partial charge in [-0.05, 0) is 24.3 Å². The van der Waals surface area contributed by atoms with Crippen LogP contribution in [0, 0.1) is 5.82 Å². The monoisotopic (exact) mass is 270 g/mol. The molecule has 5 heteroatoms. The maximum absolute atomic E-state index is 13.5. The minimum absolute atomic E-state index is 0.328. The van der Waals surface area contributed by atoms with E-state index in [0.717, 1.165) is 0 Å². The SMILES string of the molecule is Fc1cc(Cl)ccc1CNc1cccnc1Cl. The number of benzene rings is 1. The quantitative estimate of drug-likeness (QED) is 0.848. The molecular weight excluding hydrogens is 262 g/mol. The highest BCUT2D eigenvalue weighted by molar-refractivity contribution is 6.32. The van der Waals surface area contributed by atoms with Crippen molar-refractivity contribution in [3.8, 4) is 0 Å². The molecule has 0 aliphatic carbocycles. The normalized spacial score (nSPS) is 10.3. The van der Waals surface area contributed by atoms with Gasteiger partial charge in [-0.3, -0.25) is 0 Å². The van der Waals surface area contributed by atoms with Crippen molar-refractivity contribution >= 4 is 28.9 Å². The number of hydrogen-bond acceptors (Lipinski definition) is 2. The van der Waals surface area contributed by atoms with E-state index in [9.17, 15) is 4.39 Å². The summed E-state index contributed by atoms with van der Waals surface area (Å²) in [6.07, 6.45) is 1.59. The van der Waals surface area contributed by atoms with Crippen LogP contribution in [0.2, 0.25) is 10.2 Å². The number of anilines is 1. The highest BCUT2D eigenvalue weighted by atomic mass is 35.5. The third-order valence-electron chi connectivity index (χ3n) is 2.24. The maximum atomic E-state index is 13.5.